The summed E-state index contributed by atoms with van der Waals surface area (Å²) in [5, 5.41) is 4.44. The molecule has 0 radical (unpaired) electrons. The van der Waals surface area contributed by atoms with Crippen LogP contribution in [-0.2, 0) is 0 Å². The molecule has 0 aliphatic carbocycles. The van der Waals surface area contributed by atoms with Gasteiger partial charge in [-0.2, -0.15) is 0 Å². The maximum absolute atomic E-state index is 6.06. The highest BCUT2D eigenvalue weighted by Gasteiger charge is 2.20. The van der Waals surface area contributed by atoms with Crippen LogP contribution in [0.2, 0.25) is 5.02 Å². The predicted octanol–water partition coefficient (Wildman–Crippen LogP) is 3.16. The van der Waals surface area contributed by atoms with Crippen LogP contribution in [0.1, 0.15) is 20.3 Å². The van der Waals surface area contributed by atoms with Crippen LogP contribution in [-0.4, -0.2) is 25.7 Å². The van der Waals surface area contributed by atoms with Gasteiger partial charge in [-0.3, -0.25) is 0 Å². The third-order valence-corrected chi connectivity index (χ3v) is 3.64. The van der Waals surface area contributed by atoms with Crippen LogP contribution in [0.25, 0.3) is 0 Å². The fraction of sp³-hybridized carbons (Fsp3) is 0.571. The lowest BCUT2D eigenvalue weighted by atomic mass is 10.0. The highest BCUT2D eigenvalue weighted by Crippen LogP contribution is 2.21. The van der Waals surface area contributed by atoms with Crippen molar-refractivity contribution in [2.75, 3.05) is 24.5 Å². The molecule has 2 nitrogen and oxygen atoms in total. The van der Waals surface area contributed by atoms with E-state index in [1.807, 2.05) is 12.1 Å². The van der Waals surface area contributed by atoms with Gasteiger partial charge in [-0.25, -0.2) is 0 Å². The molecule has 94 valence electrons. The van der Waals surface area contributed by atoms with E-state index in [9.17, 15) is 0 Å². The lowest BCUT2D eigenvalue weighted by molar-refractivity contribution is 0.420. The summed E-state index contributed by atoms with van der Waals surface area (Å²) in [5.41, 5.74) is 1.24. The third-order valence-electron chi connectivity index (χ3n) is 3.41. The van der Waals surface area contributed by atoms with Crippen molar-refractivity contribution in [2.45, 2.75) is 26.3 Å². The summed E-state index contributed by atoms with van der Waals surface area (Å²) in [4.78, 5) is 2.44. The number of halogens is 1. The van der Waals surface area contributed by atoms with Gasteiger partial charge < -0.3 is 10.2 Å². The van der Waals surface area contributed by atoms with E-state index in [-0.39, 0.29) is 0 Å². The summed E-state index contributed by atoms with van der Waals surface area (Å²) < 4.78 is 0. The minimum Gasteiger partial charge on any atom is -0.370 e. The highest BCUT2D eigenvalue weighted by atomic mass is 35.5. The fourth-order valence-corrected chi connectivity index (χ4v) is 2.49. The van der Waals surface area contributed by atoms with Crippen molar-refractivity contribution in [3.05, 3.63) is 29.3 Å². The normalized spacial score (nSPS) is 21.6. The molecule has 17 heavy (non-hydrogen) atoms. The quantitative estimate of drug-likeness (QED) is 0.870. The number of benzene rings is 1. The number of anilines is 1. The fourth-order valence-electron chi connectivity index (χ4n) is 2.30. The van der Waals surface area contributed by atoms with Gasteiger partial charge in [0.25, 0.3) is 0 Å². The van der Waals surface area contributed by atoms with Gasteiger partial charge in [-0.1, -0.05) is 31.5 Å². The van der Waals surface area contributed by atoms with Crippen molar-refractivity contribution in [1.82, 2.24) is 5.32 Å². The molecule has 1 aliphatic heterocycles. The van der Waals surface area contributed by atoms with Crippen LogP contribution in [0.4, 0.5) is 5.69 Å². The van der Waals surface area contributed by atoms with Gasteiger partial charge in [0, 0.05) is 29.8 Å². The van der Waals surface area contributed by atoms with E-state index < -0.39 is 0 Å². The van der Waals surface area contributed by atoms with E-state index in [2.05, 4.69) is 36.2 Å². The van der Waals surface area contributed by atoms with Crippen molar-refractivity contribution >= 4 is 17.3 Å². The summed E-state index contributed by atoms with van der Waals surface area (Å²) in [5.74, 6) is 0.662. The molecular weight excluding hydrogens is 232 g/mol. The Balaban J connectivity index is 2.13. The van der Waals surface area contributed by atoms with E-state index in [0.29, 0.717) is 12.0 Å². The Morgan fingerprint density at radius 1 is 1.41 bits per heavy atom. The molecule has 1 aromatic rings. The molecule has 2 rings (SSSR count). The van der Waals surface area contributed by atoms with Crippen molar-refractivity contribution in [3.8, 4) is 0 Å². The molecule has 1 N–H and O–H groups in total. The summed E-state index contributed by atoms with van der Waals surface area (Å²) in [6, 6.07) is 8.73. The maximum atomic E-state index is 6.06. The number of hydrogen-bond donors (Lipinski definition) is 1. The molecular formula is C14H21ClN2. The smallest absolute Gasteiger partial charge is 0.0426 e. The first kappa shape index (κ1) is 12.7. The molecule has 1 saturated heterocycles. The van der Waals surface area contributed by atoms with Crippen LogP contribution in [0, 0.1) is 5.92 Å². The van der Waals surface area contributed by atoms with E-state index >= 15 is 0 Å². The second-order valence-corrected chi connectivity index (χ2v) is 5.52. The number of hydrogen-bond acceptors (Lipinski definition) is 2. The van der Waals surface area contributed by atoms with Gasteiger partial charge in [-0.05, 0) is 37.1 Å². The first-order valence-corrected chi connectivity index (χ1v) is 6.78. The summed E-state index contributed by atoms with van der Waals surface area (Å²) >= 11 is 6.06. The van der Waals surface area contributed by atoms with E-state index in [1.165, 1.54) is 12.1 Å². The number of nitrogens with one attached hydrogen (secondary N) is 1. The molecule has 1 atom stereocenters. The molecule has 0 amide bonds. The van der Waals surface area contributed by atoms with Crippen LogP contribution in [0.3, 0.4) is 0 Å². The standard InChI is InChI=1S/C14H21ClN2/c1-11(2)14-10-17(8-4-7-16-14)13-6-3-5-12(15)9-13/h3,5-6,9,11,14,16H,4,7-8,10H2,1-2H3. The Hall–Kier alpha value is -0.730. The Kier molecular flexibility index (Phi) is 4.30. The maximum Gasteiger partial charge on any atom is 0.0426 e. The van der Waals surface area contributed by atoms with Crippen molar-refractivity contribution < 1.29 is 0 Å². The molecule has 3 heteroatoms. The molecule has 0 bridgehead atoms. The minimum absolute atomic E-state index is 0.566. The lowest BCUT2D eigenvalue weighted by Gasteiger charge is -2.28. The van der Waals surface area contributed by atoms with Gasteiger partial charge in [0.1, 0.15) is 0 Å². The largest absolute Gasteiger partial charge is 0.370 e. The molecule has 0 aromatic heterocycles. The predicted molar refractivity (Wildman–Crippen MR) is 74.9 cm³/mol. The van der Waals surface area contributed by atoms with Crippen LogP contribution < -0.4 is 10.2 Å². The average molecular weight is 253 g/mol. The number of rotatable bonds is 2. The second kappa shape index (κ2) is 5.74. The van der Waals surface area contributed by atoms with Gasteiger partial charge in [-0.15, -0.1) is 0 Å². The Labute approximate surface area is 109 Å². The van der Waals surface area contributed by atoms with E-state index in [0.717, 1.165) is 24.7 Å². The topological polar surface area (TPSA) is 15.3 Å². The van der Waals surface area contributed by atoms with Crippen molar-refractivity contribution in [3.63, 3.8) is 0 Å². The van der Waals surface area contributed by atoms with Crippen molar-refractivity contribution in [1.29, 1.82) is 0 Å². The zero-order valence-corrected chi connectivity index (χ0v) is 11.4. The molecule has 1 aliphatic rings. The molecule has 1 unspecified atom stereocenters. The van der Waals surface area contributed by atoms with Crippen LogP contribution in [0.15, 0.2) is 24.3 Å². The van der Waals surface area contributed by atoms with Gasteiger partial charge in [0.05, 0.1) is 0 Å². The van der Waals surface area contributed by atoms with Crippen LogP contribution >= 0.6 is 11.6 Å². The second-order valence-electron chi connectivity index (χ2n) is 5.08. The van der Waals surface area contributed by atoms with Crippen LogP contribution in [0.5, 0.6) is 0 Å². The first-order valence-electron chi connectivity index (χ1n) is 6.40. The zero-order chi connectivity index (χ0) is 12.3. The molecule has 1 heterocycles. The van der Waals surface area contributed by atoms with Gasteiger partial charge >= 0.3 is 0 Å². The zero-order valence-electron chi connectivity index (χ0n) is 10.6. The summed E-state index contributed by atoms with van der Waals surface area (Å²) in [6.45, 7) is 7.84. The Bertz CT molecular complexity index is 365. The first-order chi connectivity index (χ1) is 8.16. The number of nitrogens with zero attached hydrogens (tertiary/aromatic N) is 1. The molecule has 1 aromatic carbocycles. The van der Waals surface area contributed by atoms with E-state index in [4.69, 9.17) is 11.6 Å². The van der Waals surface area contributed by atoms with Gasteiger partial charge in [0.15, 0.2) is 0 Å². The Morgan fingerprint density at radius 3 is 2.94 bits per heavy atom. The monoisotopic (exact) mass is 252 g/mol. The Morgan fingerprint density at radius 2 is 2.24 bits per heavy atom. The van der Waals surface area contributed by atoms with E-state index in [1.54, 1.807) is 0 Å². The molecule has 1 fully saturated rings. The summed E-state index contributed by atoms with van der Waals surface area (Å²) in [6.07, 6.45) is 1.19. The van der Waals surface area contributed by atoms with Gasteiger partial charge in [0.2, 0.25) is 0 Å². The molecule has 0 saturated carbocycles. The highest BCUT2D eigenvalue weighted by molar-refractivity contribution is 6.30. The third kappa shape index (κ3) is 3.36. The SMILES string of the molecule is CC(C)C1CN(c2cccc(Cl)c2)CCCN1. The molecule has 0 spiro atoms. The summed E-state index contributed by atoms with van der Waals surface area (Å²) in [7, 11) is 0. The minimum atomic E-state index is 0.566. The van der Waals surface area contributed by atoms with Crippen molar-refractivity contribution in [2.24, 2.45) is 5.92 Å². The average Bonchev–Trinajstić information content (AvgIpc) is 2.54. The lowest BCUT2D eigenvalue weighted by Crippen LogP contribution is -2.41.